The minimum atomic E-state index is -1.72. The average molecular weight is 307 g/mol. The molecular weight excluding hydrogens is 295 g/mol. The highest BCUT2D eigenvalue weighted by molar-refractivity contribution is 9.10. The summed E-state index contributed by atoms with van der Waals surface area (Å²) in [6.07, 6.45) is 0.213. The first-order chi connectivity index (χ1) is 7.60. The quantitative estimate of drug-likeness (QED) is 0.626. The van der Waals surface area contributed by atoms with E-state index in [0.29, 0.717) is 5.56 Å². The second-order valence-electron chi connectivity index (χ2n) is 3.01. The third-order valence-corrected chi connectivity index (χ3v) is 3.68. The third kappa shape index (κ3) is 3.22. The Morgan fingerprint density at radius 3 is 2.81 bits per heavy atom. The number of alkyl halides is 1. The Labute approximate surface area is 107 Å². The third-order valence-electron chi connectivity index (χ3n) is 1.96. The summed E-state index contributed by atoms with van der Waals surface area (Å²) >= 11 is 4.87. The smallest absolute Gasteiger partial charge is 0.345 e. The maximum atomic E-state index is 13.6. The first kappa shape index (κ1) is 13.5. The lowest BCUT2D eigenvalue weighted by Crippen LogP contribution is -2.11. The van der Waals surface area contributed by atoms with E-state index in [0.717, 1.165) is 9.37 Å². The lowest BCUT2D eigenvalue weighted by Gasteiger charge is -2.09. The number of rotatable bonds is 4. The lowest BCUT2D eigenvalue weighted by molar-refractivity contribution is -0.149. The lowest BCUT2D eigenvalue weighted by atomic mass is 10.1. The number of benzene rings is 1. The highest BCUT2D eigenvalue weighted by atomic mass is 79.9. The molecule has 1 atom stereocenters. The van der Waals surface area contributed by atoms with Gasteiger partial charge in [-0.1, -0.05) is 6.07 Å². The summed E-state index contributed by atoms with van der Waals surface area (Å²) in [5.74, 6) is -0.841. The topological polar surface area (TPSA) is 26.3 Å². The largest absolute Gasteiger partial charge is 0.464 e. The number of carbonyl (C=O) groups is 1. The number of esters is 1. The van der Waals surface area contributed by atoms with Crippen molar-refractivity contribution < 1.29 is 13.9 Å². The van der Waals surface area contributed by atoms with Gasteiger partial charge >= 0.3 is 5.97 Å². The van der Waals surface area contributed by atoms with Crippen LogP contribution in [0, 0.1) is 0 Å². The zero-order chi connectivity index (χ0) is 12.1. The SMILES string of the molecule is CCOC(=O)C(F)c1ccc(SC)c(Br)c1. The van der Waals surface area contributed by atoms with Gasteiger partial charge in [0.15, 0.2) is 0 Å². The molecule has 0 fully saturated rings. The molecule has 0 N–H and O–H groups in total. The van der Waals surface area contributed by atoms with E-state index < -0.39 is 12.1 Å². The van der Waals surface area contributed by atoms with Crippen LogP contribution in [0.1, 0.15) is 18.7 Å². The molecule has 1 aromatic rings. The van der Waals surface area contributed by atoms with Crippen molar-refractivity contribution >= 4 is 33.7 Å². The predicted molar refractivity (Wildman–Crippen MR) is 66.4 cm³/mol. The number of thioether (sulfide) groups is 1. The van der Waals surface area contributed by atoms with E-state index in [4.69, 9.17) is 0 Å². The first-order valence-electron chi connectivity index (χ1n) is 4.74. The van der Waals surface area contributed by atoms with E-state index in [2.05, 4.69) is 20.7 Å². The Morgan fingerprint density at radius 1 is 1.62 bits per heavy atom. The molecule has 1 unspecified atom stereocenters. The zero-order valence-corrected chi connectivity index (χ0v) is 11.4. The van der Waals surface area contributed by atoms with Crippen LogP contribution in [-0.4, -0.2) is 18.8 Å². The van der Waals surface area contributed by atoms with Gasteiger partial charge in [0, 0.05) is 9.37 Å². The van der Waals surface area contributed by atoms with Gasteiger partial charge in [0.05, 0.1) is 6.61 Å². The fourth-order valence-electron chi connectivity index (χ4n) is 1.19. The van der Waals surface area contributed by atoms with Gasteiger partial charge in [-0.15, -0.1) is 11.8 Å². The summed E-state index contributed by atoms with van der Waals surface area (Å²) in [4.78, 5) is 12.2. The van der Waals surface area contributed by atoms with Crippen LogP contribution in [0.4, 0.5) is 4.39 Å². The van der Waals surface area contributed by atoms with Crippen molar-refractivity contribution in [3.8, 4) is 0 Å². The van der Waals surface area contributed by atoms with Crippen molar-refractivity contribution in [2.75, 3.05) is 12.9 Å². The predicted octanol–water partition coefficient (Wildman–Crippen LogP) is 3.74. The highest BCUT2D eigenvalue weighted by Crippen LogP contribution is 2.30. The fraction of sp³-hybridized carbons (Fsp3) is 0.364. The van der Waals surface area contributed by atoms with Gasteiger partial charge in [-0.25, -0.2) is 9.18 Å². The molecule has 0 spiro atoms. The molecule has 16 heavy (non-hydrogen) atoms. The molecule has 0 aliphatic rings. The minimum Gasteiger partial charge on any atom is -0.464 e. The number of ether oxygens (including phenoxy) is 1. The van der Waals surface area contributed by atoms with Crippen LogP contribution in [0.2, 0.25) is 0 Å². The van der Waals surface area contributed by atoms with Crippen LogP contribution in [0.25, 0.3) is 0 Å². The standard InChI is InChI=1S/C11H12BrFO2S/c1-3-15-11(14)10(13)7-4-5-9(16-2)8(12)6-7/h4-6,10H,3H2,1-2H3. The van der Waals surface area contributed by atoms with Gasteiger partial charge in [-0.3, -0.25) is 0 Å². The first-order valence-corrected chi connectivity index (χ1v) is 6.76. The van der Waals surface area contributed by atoms with Crippen LogP contribution < -0.4 is 0 Å². The van der Waals surface area contributed by atoms with E-state index in [1.807, 2.05) is 6.26 Å². The molecule has 0 aliphatic heterocycles. The Morgan fingerprint density at radius 2 is 2.31 bits per heavy atom. The number of hydrogen-bond acceptors (Lipinski definition) is 3. The van der Waals surface area contributed by atoms with Crippen LogP contribution in [0.3, 0.4) is 0 Å². The Hall–Kier alpha value is -0.550. The second kappa shape index (κ2) is 6.25. The van der Waals surface area contributed by atoms with Gasteiger partial charge in [0.25, 0.3) is 0 Å². The maximum Gasteiger partial charge on any atom is 0.345 e. The summed E-state index contributed by atoms with van der Waals surface area (Å²) in [7, 11) is 0. The molecular formula is C11H12BrFO2S. The Bertz CT molecular complexity index is 384. The molecule has 0 amide bonds. The molecule has 0 radical (unpaired) electrons. The molecule has 5 heteroatoms. The maximum absolute atomic E-state index is 13.6. The summed E-state index contributed by atoms with van der Waals surface area (Å²) in [5, 5.41) is 0. The van der Waals surface area contributed by atoms with E-state index in [9.17, 15) is 9.18 Å². The fourth-order valence-corrected chi connectivity index (χ4v) is 2.53. The molecule has 88 valence electrons. The van der Waals surface area contributed by atoms with Crippen LogP contribution in [-0.2, 0) is 9.53 Å². The van der Waals surface area contributed by atoms with Crippen molar-refractivity contribution in [2.45, 2.75) is 18.0 Å². The van der Waals surface area contributed by atoms with Gasteiger partial charge in [-0.2, -0.15) is 0 Å². The summed E-state index contributed by atoms with van der Waals surface area (Å²) in [6, 6.07) is 4.97. The number of carbonyl (C=O) groups excluding carboxylic acids is 1. The molecule has 0 heterocycles. The molecule has 0 bridgehead atoms. The van der Waals surface area contributed by atoms with Gasteiger partial charge in [0.2, 0.25) is 6.17 Å². The van der Waals surface area contributed by atoms with E-state index in [1.165, 1.54) is 0 Å². The number of hydrogen-bond donors (Lipinski definition) is 0. The van der Waals surface area contributed by atoms with Crippen LogP contribution >= 0.6 is 27.7 Å². The Kier molecular flexibility index (Phi) is 5.28. The van der Waals surface area contributed by atoms with Crippen molar-refractivity contribution in [2.24, 2.45) is 0 Å². The summed E-state index contributed by atoms with van der Waals surface area (Å²) in [5.41, 5.74) is 0.308. The van der Waals surface area contributed by atoms with Crippen molar-refractivity contribution in [1.29, 1.82) is 0 Å². The van der Waals surface area contributed by atoms with Crippen molar-refractivity contribution in [1.82, 2.24) is 0 Å². The van der Waals surface area contributed by atoms with E-state index in [1.54, 1.807) is 36.9 Å². The number of halogens is 2. The summed E-state index contributed by atoms with van der Waals surface area (Å²) in [6.45, 7) is 1.83. The van der Waals surface area contributed by atoms with Crippen molar-refractivity contribution in [3.05, 3.63) is 28.2 Å². The molecule has 0 aromatic heterocycles. The molecule has 0 aliphatic carbocycles. The van der Waals surface area contributed by atoms with Gasteiger partial charge in [0.1, 0.15) is 0 Å². The molecule has 1 rings (SSSR count). The van der Waals surface area contributed by atoms with E-state index in [-0.39, 0.29) is 6.61 Å². The van der Waals surface area contributed by atoms with E-state index >= 15 is 0 Å². The minimum absolute atomic E-state index is 0.184. The molecule has 2 nitrogen and oxygen atoms in total. The normalized spacial score (nSPS) is 12.2. The van der Waals surface area contributed by atoms with Crippen molar-refractivity contribution in [3.63, 3.8) is 0 Å². The molecule has 0 saturated carbocycles. The average Bonchev–Trinajstić information content (AvgIpc) is 2.28. The molecule has 0 saturated heterocycles. The summed E-state index contributed by atoms with van der Waals surface area (Å²) < 4.78 is 19.0. The second-order valence-corrected chi connectivity index (χ2v) is 4.71. The highest BCUT2D eigenvalue weighted by Gasteiger charge is 2.21. The monoisotopic (exact) mass is 306 g/mol. The van der Waals surface area contributed by atoms with Gasteiger partial charge < -0.3 is 4.74 Å². The molecule has 1 aromatic carbocycles. The van der Waals surface area contributed by atoms with Gasteiger partial charge in [-0.05, 0) is 46.8 Å². The Balaban J connectivity index is 2.88. The van der Waals surface area contributed by atoms with Crippen LogP contribution in [0.5, 0.6) is 0 Å². The zero-order valence-electron chi connectivity index (χ0n) is 9.00. The van der Waals surface area contributed by atoms with Crippen LogP contribution in [0.15, 0.2) is 27.6 Å².